The number of ether oxygens (including phenoxy) is 1. The van der Waals surface area contributed by atoms with Gasteiger partial charge in [0.1, 0.15) is 11.5 Å². The molecule has 3 N–H and O–H groups in total. The Bertz CT molecular complexity index is 645. The highest BCUT2D eigenvalue weighted by molar-refractivity contribution is 5.95. The molecule has 6 nitrogen and oxygen atoms in total. The number of rotatable bonds is 3. The molecule has 0 saturated heterocycles. The van der Waals surface area contributed by atoms with Crippen LogP contribution in [0.15, 0.2) is 12.1 Å². The van der Waals surface area contributed by atoms with Gasteiger partial charge in [0.15, 0.2) is 5.75 Å². The number of nitrogens with one attached hydrogen (secondary N) is 1. The summed E-state index contributed by atoms with van der Waals surface area (Å²) in [5, 5.41) is 11.8. The Morgan fingerprint density at radius 1 is 1.32 bits per heavy atom. The normalized spacial score (nSPS) is 10.5. The zero-order valence-corrected chi connectivity index (χ0v) is 11.5. The fraction of sp³-hybridized carbons (Fsp3) is 0.308. The molecule has 0 aliphatic carbocycles. The van der Waals surface area contributed by atoms with Crippen LogP contribution in [0.1, 0.15) is 22.6 Å². The third-order valence-electron chi connectivity index (χ3n) is 2.89. The topological polar surface area (TPSA) is 89.8 Å². The van der Waals surface area contributed by atoms with Gasteiger partial charge in [0, 0.05) is 24.4 Å². The Labute approximate surface area is 111 Å². The minimum absolute atomic E-state index is 0.00465. The summed E-state index contributed by atoms with van der Waals surface area (Å²) in [5.74, 6) is 1.11. The van der Waals surface area contributed by atoms with Crippen molar-refractivity contribution >= 4 is 5.84 Å². The SMILES string of the molecule is Cc1cc(C(=N)N)cc(Oc2c(C)nn(C)c2C)n1. The summed E-state index contributed by atoms with van der Waals surface area (Å²) in [6.07, 6.45) is 0. The molecular formula is C13H17N5O. The lowest BCUT2D eigenvalue weighted by Gasteiger charge is -2.08. The molecule has 0 aliphatic rings. The zero-order chi connectivity index (χ0) is 14.2. The van der Waals surface area contributed by atoms with Crippen molar-refractivity contribution < 1.29 is 4.74 Å². The van der Waals surface area contributed by atoms with Gasteiger partial charge in [-0.05, 0) is 26.8 Å². The van der Waals surface area contributed by atoms with E-state index in [9.17, 15) is 0 Å². The highest BCUT2D eigenvalue weighted by Gasteiger charge is 2.13. The van der Waals surface area contributed by atoms with Gasteiger partial charge in [0.25, 0.3) is 0 Å². The molecule has 0 radical (unpaired) electrons. The maximum absolute atomic E-state index is 7.48. The van der Waals surface area contributed by atoms with Crippen molar-refractivity contribution in [2.75, 3.05) is 0 Å². The fourth-order valence-electron chi connectivity index (χ4n) is 1.85. The number of nitrogen functional groups attached to an aromatic ring is 1. The second-order valence-electron chi connectivity index (χ2n) is 4.47. The number of amidine groups is 1. The van der Waals surface area contributed by atoms with Gasteiger partial charge in [0.2, 0.25) is 5.88 Å². The zero-order valence-electron chi connectivity index (χ0n) is 11.5. The third-order valence-corrected chi connectivity index (χ3v) is 2.89. The second kappa shape index (κ2) is 4.72. The maximum Gasteiger partial charge on any atom is 0.220 e. The molecule has 0 aliphatic heterocycles. The van der Waals surface area contributed by atoms with Gasteiger partial charge < -0.3 is 10.5 Å². The Kier molecular flexibility index (Phi) is 3.25. The summed E-state index contributed by atoms with van der Waals surface area (Å²) in [6.45, 7) is 5.64. The smallest absolute Gasteiger partial charge is 0.220 e. The minimum Gasteiger partial charge on any atom is -0.435 e. The molecule has 2 aromatic rings. The summed E-state index contributed by atoms with van der Waals surface area (Å²) in [6, 6.07) is 3.40. The molecule has 0 fully saturated rings. The Morgan fingerprint density at radius 3 is 2.53 bits per heavy atom. The largest absolute Gasteiger partial charge is 0.435 e. The van der Waals surface area contributed by atoms with Crippen LogP contribution in [0.3, 0.4) is 0 Å². The van der Waals surface area contributed by atoms with Crippen LogP contribution < -0.4 is 10.5 Å². The molecule has 0 saturated carbocycles. The number of hydrogen-bond acceptors (Lipinski definition) is 4. The summed E-state index contributed by atoms with van der Waals surface area (Å²) in [4.78, 5) is 4.29. The third kappa shape index (κ3) is 2.57. The molecule has 2 heterocycles. The first kappa shape index (κ1) is 13.1. The number of nitrogens with two attached hydrogens (primary N) is 1. The molecule has 2 aromatic heterocycles. The predicted molar refractivity (Wildman–Crippen MR) is 72.7 cm³/mol. The lowest BCUT2D eigenvalue weighted by Crippen LogP contribution is -2.11. The van der Waals surface area contributed by atoms with Crippen LogP contribution >= 0.6 is 0 Å². The molecule has 0 atom stereocenters. The predicted octanol–water partition coefficient (Wildman–Crippen LogP) is 1.82. The van der Waals surface area contributed by atoms with E-state index < -0.39 is 0 Å². The van der Waals surface area contributed by atoms with Crippen molar-refractivity contribution in [2.24, 2.45) is 12.8 Å². The van der Waals surface area contributed by atoms with E-state index in [1.165, 1.54) is 0 Å². The van der Waals surface area contributed by atoms with Crippen molar-refractivity contribution in [2.45, 2.75) is 20.8 Å². The average molecular weight is 259 g/mol. The lowest BCUT2D eigenvalue weighted by molar-refractivity contribution is 0.454. The van der Waals surface area contributed by atoms with E-state index in [-0.39, 0.29) is 5.84 Å². The number of nitrogens with zero attached hydrogens (tertiary/aromatic N) is 3. The van der Waals surface area contributed by atoms with Crippen LogP contribution in [0.25, 0.3) is 0 Å². The molecule has 2 rings (SSSR count). The van der Waals surface area contributed by atoms with E-state index in [0.717, 1.165) is 17.1 Å². The summed E-state index contributed by atoms with van der Waals surface area (Å²) in [7, 11) is 1.86. The summed E-state index contributed by atoms with van der Waals surface area (Å²) >= 11 is 0. The van der Waals surface area contributed by atoms with Crippen LogP contribution in [0, 0.1) is 26.2 Å². The average Bonchev–Trinajstić information content (AvgIpc) is 2.55. The highest BCUT2D eigenvalue weighted by atomic mass is 16.5. The monoisotopic (exact) mass is 259 g/mol. The summed E-state index contributed by atoms with van der Waals surface area (Å²) < 4.78 is 7.54. The van der Waals surface area contributed by atoms with Gasteiger partial charge in [-0.15, -0.1) is 0 Å². The molecule has 19 heavy (non-hydrogen) atoms. The first-order chi connectivity index (χ1) is 8.88. The van der Waals surface area contributed by atoms with Gasteiger partial charge in [-0.1, -0.05) is 0 Å². The van der Waals surface area contributed by atoms with E-state index in [4.69, 9.17) is 15.9 Å². The molecule has 100 valence electrons. The quantitative estimate of drug-likeness (QED) is 0.649. The van der Waals surface area contributed by atoms with Crippen molar-refractivity contribution in [3.63, 3.8) is 0 Å². The van der Waals surface area contributed by atoms with Crippen LogP contribution in [0.5, 0.6) is 11.6 Å². The summed E-state index contributed by atoms with van der Waals surface area (Å²) in [5.41, 5.74) is 8.56. The second-order valence-corrected chi connectivity index (χ2v) is 4.47. The molecule has 0 bridgehead atoms. The molecule has 6 heteroatoms. The standard InChI is InChI=1S/C13H17N5O/c1-7-5-10(13(14)15)6-11(16-7)19-12-8(2)17-18(4)9(12)3/h5-6H,1-4H3,(H3,14,15). The Balaban J connectivity index is 2.41. The van der Waals surface area contributed by atoms with E-state index >= 15 is 0 Å². The van der Waals surface area contributed by atoms with Crippen LogP contribution in [0.2, 0.25) is 0 Å². The molecule has 0 aromatic carbocycles. The molecule has 0 spiro atoms. The number of aromatic nitrogens is 3. The highest BCUT2D eigenvalue weighted by Crippen LogP contribution is 2.27. The fourth-order valence-corrected chi connectivity index (χ4v) is 1.85. The number of hydrogen-bond donors (Lipinski definition) is 2. The van der Waals surface area contributed by atoms with Gasteiger partial charge in [-0.25, -0.2) is 4.98 Å². The van der Waals surface area contributed by atoms with Crippen LogP contribution in [-0.4, -0.2) is 20.6 Å². The molecule has 0 amide bonds. The Hall–Kier alpha value is -2.37. The molecule has 0 unspecified atom stereocenters. The van der Waals surface area contributed by atoms with Crippen LogP contribution in [-0.2, 0) is 7.05 Å². The van der Waals surface area contributed by atoms with Crippen molar-refractivity contribution in [3.05, 3.63) is 34.8 Å². The van der Waals surface area contributed by atoms with Gasteiger partial charge in [-0.2, -0.15) is 5.10 Å². The Morgan fingerprint density at radius 2 is 2.00 bits per heavy atom. The van der Waals surface area contributed by atoms with E-state index in [2.05, 4.69) is 10.1 Å². The van der Waals surface area contributed by atoms with Gasteiger partial charge in [-0.3, -0.25) is 10.1 Å². The van der Waals surface area contributed by atoms with Crippen molar-refractivity contribution in [3.8, 4) is 11.6 Å². The number of pyridine rings is 1. The first-order valence-corrected chi connectivity index (χ1v) is 5.89. The number of aryl methyl sites for hydroxylation is 3. The first-order valence-electron chi connectivity index (χ1n) is 5.89. The minimum atomic E-state index is -0.00465. The van der Waals surface area contributed by atoms with Crippen LogP contribution in [0.4, 0.5) is 0 Å². The van der Waals surface area contributed by atoms with E-state index in [1.807, 2.05) is 27.8 Å². The molecular weight excluding hydrogens is 242 g/mol. The van der Waals surface area contributed by atoms with Crippen molar-refractivity contribution in [1.82, 2.24) is 14.8 Å². The lowest BCUT2D eigenvalue weighted by atomic mass is 10.2. The van der Waals surface area contributed by atoms with E-state index in [0.29, 0.717) is 17.2 Å². The van der Waals surface area contributed by atoms with E-state index in [1.54, 1.807) is 16.8 Å². The van der Waals surface area contributed by atoms with Gasteiger partial charge >= 0.3 is 0 Å². The van der Waals surface area contributed by atoms with Gasteiger partial charge in [0.05, 0.1) is 5.69 Å². The van der Waals surface area contributed by atoms with Crippen molar-refractivity contribution in [1.29, 1.82) is 5.41 Å². The maximum atomic E-state index is 7.48.